The number of hydrogen-bond donors (Lipinski definition) is 2. The van der Waals surface area contributed by atoms with Gasteiger partial charge in [-0.25, -0.2) is 4.39 Å². The van der Waals surface area contributed by atoms with E-state index in [0.29, 0.717) is 25.3 Å². The molecule has 0 fully saturated rings. The number of rotatable bonds is 10. The number of allylic oxidation sites excluding steroid dienone is 4. The number of benzene rings is 2. The molecule has 38 heavy (non-hydrogen) atoms. The highest BCUT2D eigenvalue weighted by Gasteiger charge is 2.20. The van der Waals surface area contributed by atoms with Gasteiger partial charge in [0.2, 0.25) is 5.91 Å². The molecule has 3 aromatic rings. The van der Waals surface area contributed by atoms with Gasteiger partial charge in [0.15, 0.2) is 0 Å². The molecule has 1 amide bonds. The molecule has 1 unspecified atom stereocenters. The number of aliphatic hydroxyl groups is 1. The summed E-state index contributed by atoms with van der Waals surface area (Å²) in [5.41, 5.74) is 6.39. The molecule has 2 N–H and O–H groups in total. The van der Waals surface area contributed by atoms with Gasteiger partial charge in [-0.3, -0.25) is 4.79 Å². The lowest BCUT2D eigenvalue weighted by atomic mass is 10.0. The predicted octanol–water partition coefficient (Wildman–Crippen LogP) is 8.01. The summed E-state index contributed by atoms with van der Waals surface area (Å²) >= 11 is 0. The zero-order valence-electron chi connectivity index (χ0n) is 23.2. The van der Waals surface area contributed by atoms with Gasteiger partial charge in [-0.05, 0) is 80.1 Å². The molecule has 1 aromatic heterocycles. The van der Waals surface area contributed by atoms with Crippen molar-refractivity contribution in [2.24, 2.45) is 0 Å². The van der Waals surface area contributed by atoms with E-state index < -0.39 is 6.10 Å². The number of nitrogens with one attached hydrogen (secondary N) is 1. The molecule has 0 aliphatic carbocycles. The molecule has 3 rings (SSSR count). The second kappa shape index (κ2) is 15.5. The second-order valence-corrected chi connectivity index (χ2v) is 9.53. The monoisotopic (exact) mass is 516 g/mol. The minimum atomic E-state index is -0.416. The van der Waals surface area contributed by atoms with E-state index in [1.165, 1.54) is 24.8 Å². The molecule has 0 bridgehead atoms. The maximum absolute atomic E-state index is 13.5. The van der Waals surface area contributed by atoms with E-state index in [1.807, 2.05) is 62.4 Å². The summed E-state index contributed by atoms with van der Waals surface area (Å²) in [6.45, 7) is 14.0. The summed E-state index contributed by atoms with van der Waals surface area (Å²) in [6.07, 6.45) is 8.19. The number of aliphatic hydroxyl groups excluding tert-OH is 1. The average Bonchev–Trinajstić information content (AvgIpc) is 3.27. The summed E-state index contributed by atoms with van der Waals surface area (Å²) < 4.78 is 15.8. The first-order valence-electron chi connectivity index (χ1n) is 13.1. The van der Waals surface area contributed by atoms with Crippen molar-refractivity contribution in [3.05, 3.63) is 109 Å². The van der Waals surface area contributed by atoms with Gasteiger partial charge in [0.25, 0.3) is 0 Å². The maximum atomic E-state index is 13.5. The Morgan fingerprint density at radius 1 is 1.08 bits per heavy atom. The molecular formula is C33H41FN2O2. The number of aromatic nitrogens is 1. The average molecular weight is 517 g/mol. The van der Waals surface area contributed by atoms with Crippen molar-refractivity contribution in [2.75, 3.05) is 0 Å². The molecule has 0 saturated carbocycles. The van der Waals surface area contributed by atoms with Gasteiger partial charge in [-0.2, -0.15) is 0 Å². The van der Waals surface area contributed by atoms with Crippen molar-refractivity contribution in [3.63, 3.8) is 0 Å². The summed E-state index contributed by atoms with van der Waals surface area (Å²) in [7, 11) is 0. The topological polar surface area (TPSA) is 54.3 Å². The van der Waals surface area contributed by atoms with Gasteiger partial charge in [0.1, 0.15) is 5.82 Å². The minimum absolute atomic E-state index is 0.0294. The third-order valence-electron chi connectivity index (χ3n) is 5.96. The van der Waals surface area contributed by atoms with Crippen LogP contribution in [0.3, 0.4) is 0 Å². The van der Waals surface area contributed by atoms with Crippen molar-refractivity contribution in [1.29, 1.82) is 0 Å². The number of carbonyl (C=O) groups excluding carboxylic acids is 1. The molecule has 5 heteroatoms. The highest BCUT2D eigenvalue weighted by molar-refractivity contribution is 5.82. The Morgan fingerprint density at radius 3 is 2.29 bits per heavy atom. The Kier molecular flexibility index (Phi) is 12.5. The van der Waals surface area contributed by atoms with E-state index in [1.54, 1.807) is 6.08 Å². The highest BCUT2D eigenvalue weighted by Crippen LogP contribution is 2.38. The van der Waals surface area contributed by atoms with Crippen LogP contribution in [0.2, 0.25) is 0 Å². The molecule has 0 saturated heterocycles. The Balaban J connectivity index is 0.000000432. The standard InChI is InChI=1S/C25H28FNO.C8H13NO/c1-4-8-22(28)15-16-27-24(18(2)3)17-23(19-9-6-5-7-10-19)25(27)20-11-13-21(26)14-12-20;1-4-5-6-7(2)9-8(3)10/h4-7,9-14,17-18,22,28H,1,8,15-16H2,2-3H3;4-6H,1-3H3,(H,9,10)/b;5-4-,7-6+. The molecular weight excluding hydrogens is 475 g/mol. The lowest BCUT2D eigenvalue weighted by Crippen LogP contribution is -2.16. The van der Waals surface area contributed by atoms with Crippen LogP contribution >= 0.6 is 0 Å². The van der Waals surface area contributed by atoms with Crippen molar-refractivity contribution in [2.45, 2.75) is 66.0 Å². The number of amides is 1. The summed E-state index contributed by atoms with van der Waals surface area (Å²) in [6, 6.07) is 19.2. The molecule has 2 aromatic carbocycles. The van der Waals surface area contributed by atoms with E-state index >= 15 is 0 Å². The first kappa shape index (κ1) is 30.5. The molecule has 0 aliphatic heterocycles. The van der Waals surface area contributed by atoms with Gasteiger partial charge in [0.05, 0.1) is 11.8 Å². The largest absolute Gasteiger partial charge is 0.393 e. The highest BCUT2D eigenvalue weighted by atomic mass is 19.1. The smallest absolute Gasteiger partial charge is 0.220 e. The zero-order valence-corrected chi connectivity index (χ0v) is 23.2. The van der Waals surface area contributed by atoms with Gasteiger partial charge in [-0.15, -0.1) is 6.58 Å². The van der Waals surface area contributed by atoms with Crippen LogP contribution in [0.25, 0.3) is 22.4 Å². The van der Waals surface area contributed by atoms with Gasteiger partial charge in [-0.1, -0.05) is 62.4 Å². The van der Waals surface area contributed by atoms with Crippen LogP contribution in [0.4, 0.5) is 4.39 Å². The van der Waals surface area contributed by atoms with E-state index in [2.05, 4.69) is 48.5 Å². The quantitative estimate of drug-likeness (QED) is 0.212. The second-order valence-electron chi connectivity index (χ2n) is 9.53. The normalized spacial score (nSPS) is 12.3. The first-order valence-corrected chi connectivity index (χ1v) is 13.1. The number of hydrogen-bond acceptors (Lipinski definition) is 2. The fourth-order valence-corrected chi connectivity index (χ4v) is 4.19. The minimum Gasteiger partial charge on any atom is -0.393 e. The molecule has 0 spiro atoms. The van der Waals surface area contributed by atoms with E-state index in [-0.39, 0.29) is 11.7 Å². The Bertz CT molecular complexity index is 1220. The SMILES string of the molecule is C/C=C\C=C(/C)NC(C)=O.C=CCC(O)CCn1c(C(C)C)cc(-c2ccccc2)c1-c1ccc(F)cc1. The summed E-state index contributed by atoms with van der Waals surface area (Å²) in [4.78, 5) is 10.4. The molecule has 4 nitrogen and oxygen atoms in total. The summed E-state index contributed by atoms with van der Waals surface area (Å²) in [5, 5.41) is 12.9. The Labute approximate surface area is 227 Å². The third kappa shape index (κ3) is 9.31. The van der Waals surface area contributed by atoms with Crippen LogP contribution in [0, 0.1) is 5.82 Å². The third-order valence-corrected chi connectivity index (χ3v) is 5.96. The molecule has 202 valence electrons. The van der Waals surface area contributed by atoms with Crippen molar-refractivity contribution in [1.82, 2.24) is 9.88 Å². The summed E-state index contributed by atoms with van der Waals surface area (Å²) in [5.74, 6) is 0.0556. The fourth-order valence-electron chi connectivity index (χ4n) is 4.19. The van der Waals surface area contributed by atoms with Crippen molar-refractivity contribution < 1.29 is 14.3 Å². The number of halogens is 1. The molecule has 0 radical (unpaired) electrons. The lowest BCUT2D eigenvalue weighted by Gasteiger charge is -2.18. The fraction of sp³-hybridized carbons (Fsp3) is 0.303. The van der Waals surface area contributed by atoms with Crippen molar-refractivity contribution >= 4 is 5.91 Å². The lowest BCUT2D eigenvalue weighted by molar-refractivity contribution is -0.118. The van der Waals surface area contributed by atoms with Gasteiger partial charge in [0, 0.05) is 30.4 Å². The molecule has 1 atom stereocenters. The van der Waals surface area contributed by atoms with Crippen LogP contribution in [0.1, 0.15) is 59.1 Å². The van der Waals surface area contributed by atoms with E-state index in [0.717, 1.165) is 28.1 Å². The predicted molar refractivity (Wildman–Crippen MR) is 157 cm³/mol. The van der Waals surface area contributed by atoms with E-state index in [4.69, 9.17) is 0 Å². The first-order chi connectivity index (χ1) is 18.2. The number of nitrogens with zero attached hydrogens (tertiary/aromatic N) is 1. The van der Waals surface area contributed by atoms with E-state index in [9.17, 15) is 14.3 Å². The maximum Gasteiger partial charge on any atom is 0.220 e. The van der Waals surface area contributed by atoms with Gasteiger partial charge >= 0.3 is 0 Å². The molecule has 1 heterocycles. The number of carbonyl (C=O) groups is 1. The van der Waals surface area contributed by atoms with Gasteiger partial charge < -0.3 is 15.0 Å². The Morgan fingerprint density at radius 2 is 1.74 bits per heavy atom. The Hall–Kier alpha value is -3.70. The van der Waals surface area contributed by atoms with Crippen LogP contribution in [0.15, 0.2) is 97.2 Å². The molecule has 0 aliphatic rings. The zero-order chi connectivity index (χ0) is 28.1. The van der Waals surface area contributed by atoms with Crippen LogP contribution in [-0.2, 0) is 11.3 Å². The van der Waals surface area contributed by atoms with Crippen LogP contribution < -0.4 is 5.32 Å². The van der Waals surface area contributed by atoms with Crippen molar-refractivity contribution in [3.8, 4) is 22.4 Å². The van der Waals surface area contributed by atoms with Crippen LogP contribution in [-0.4, -0.2) is 21.7 Å². The van der Waals surface area contributed by atoms with Crippen LogP contribution in [0.5, 0.6) is 0 Å².